The van der Waals surface area contributed by atoms with E-state index in [4.69, 9.17) is 4.74 Å². The highest BCUT2D eigenvalue weighted by molar-refractivity contribution is 7.99. The Kier molecular flexibility index (Phi) is 3.92. The lowest BCUT2D eigenvalue weighted by Gasteiger charge is -2.09. The molecule has 0 spiro atoms. The second kappa shape index (κ2) is 5.42. The maximum atomic E-state index is 5.13. The van der Waals surface area contributed by atoms with Gasteiger partial charge in [0.05, 0.1) is 12.5 Å². The number of methoxy groups -OCH3 is 1. The Morgan fingerprint density at radius 3 is 2.80 bits per heavy atom. The van der Waals surface area contributed by atoms with Crippen molar-refractivity contribution in [3.05, 3.63) is 29.8 Å². The standard InChI is InChI=1S/C12H17NOS/c1-14-11-6-4-10(5-7-11)9-15-12-3-2-8-13-12/h4-7,12-13H,2-3,8-9H2,1H3/t12-/m0/s1. The van der Waals surface area contributed by atoms with E-state index in [0.717, 1.165) is 11.5 Å². The molecule has 0 radical (unpaired) electrons. The third-order valence-corrected chi connectivity index (χ3v) is 3.93. The molecule has 0 unspecified atom stereocenters. The van der Waals surface area contributed by atoms with Gasteiger partial charge in [-0.2, -0.15) is 0 Å². The van der Waals surface area contributed by atoms with E-state index in [0.29, 0.717) is 5.37 Å². The normalized spacial score (nSPS) is 20.5. The van der Waals surface area contributed by atoms with Gasteiger partial charge in [-0.3, -0.25) is 0 Å². The van der Waals surface area contributed by atoms with Crippen molar-refractivity contribution >= 4 is 11.8 Å². The summed E-state index contributed by atoms with van der Waals surface area (Å²) in [5, 5.41) is 4.15. The van der Waals surface area contributed by atoms with Crippen molar-refractivity contribution in [2.45, 2.75) is 24.0 Å². The molecule has 0 aromatic heterocycles. The van der Waals surface area contributed by atoms with Gasteiger partial charge in [-0.25, -0.2) is 0 Å². The Morgan fingerprint density at radius 2 is 2.20 bits per heavy atom. The molecule has 1 N–H and O–H groups in total. The summed E-state index contributed by atoms with van der Waals surface area (Å²) in [5.41, 5.74) is 1.37. The molecule has 1 saturated heterocycles. The second-order valence-electron chi connectivity index (χ2n) is 3.74. The van der Waals surface area contributed by atoms with Crippen LogP contribution < -0.4 is 10.1 Å². The molecule has 15 heavy (non-hydrogen) atoms. The highest BCUT2D eigenvalue weighted by Gasteiger charge is 2.13. The van der Waals surface area contributed by atoms with Crippen LogP contribution in [0.1, 0.15) is 18.4 Å². The summed E-state index contributed by atoms with van der Waals surface area (Å²) >= 11 is 2.00. The topological polar surface area (TPSA) is 21.3 Å². The maximum Gasteiger partial charge on any atom is 0.118 e. The summed E-state index contributed by atoms with van der Waals surface area (Å²) in [4.78, 5) is 0. The Hall–Kier alpha value is -0.670. The zero-order valence-electron chi connectivity index (χ0n) is 9.03. The van der Waals surface area contributed by atoms with Gasteiger partial charge in [0.2, 0.25) is 0 Å². The van der Waals surface area contributed by atoms with Crippen LogP contribution in [0.3, 0.4) is 0 Å². The number of benzene rings is 1. The van der Waals surface area contributed by atoms with Gasteiger partial charge in [0.15, 0.2) is 0 Å². The smallest absolute Gasteiger partial charge is 0.118 e. The van der Waals surface area contributed by atoms with Crippen molar-refractivity contribution in [3.63, 3.8) is 0 Å². The molecule has 1 heterocycles. The van der Waals surface area contributed by atoms with E-state index in [1.165, 1.54) is 24.9 Å². The summed E-state index contributed by atoms with van der Waals surface area (Å²) in [6.45, 7) is 1.18. The van der Waals surface area contributed by atoms with Crippen LogP contribution in [0, 0.1) is 0 Å². The molecule has 0 aliphatic carbocycles. The van der Waals surface area contributed by atoms with Crippen molar-refractivity contribution in [1.29, 1.82) is 0 Å². The first-order valence-electron chi connectivity index (χ1n) is 5.36. The summed E-state index contributed by atoms with van der Waals surface area (Å²) in [7, 11) is 1.70. The number of rotatable bonds is 4. The molecule has 2 nitrogen and oxygen atoms in total. The third-order valence-electron chi connectivity index (χ3n) is 2.63. The number of ether oxygens (including phenoxy) is 1. The van der Waals surface area contributed by atoms with E-state index >= 15 is 0 Å². The number of hydrogen-bond acceptors (Lipinski definition) is 3. The van der Waals surface area contributed by atoms with Gasteiger partial charge >= 0.3 is 0 Å². The van der Waals surface area contributed by atoms with E-state index in [2.05, 4.69) is 17.4 Å². The quantitative estimate of drug-likeness (QED) is 0.848. The fourth-order valence-electron chi connectivity index (χ4n) is 1.71. The monoisotopic (exact) mass is 223 g/mol. The lowest BCUT2D eigenvalue weighted by atomic mass is 10.2. The van der Waals surface area contributed by atoms with Gasteiger partial charge in [0.1, 0.15) is 5.75 Å². The number of hydrogen-bond donors (Lipinski definition) is 1. The largest absolute Gasteiger partial charge is 0.497 e. The highest BCUT2D eigenvalue weighted by atomic mass is 32.2. The van der Waals surface area contributed by atoms with E-state index in [-0.39, 0.29) is 0 Å². The highest BCUT2D eigenvalue weighted by Crippen LogP contribution is 2.23. The average molecular weight is 223 g/mol. The Balaban J connectivity index is 1.82. The van der Waals surface area contributed by atoms with Crippen LogP contribution in [0.4, 0.5) is 0 Å². The lowest BCUT2D eigenvalue weighted by Crippen LogP contribution is -2.17. The molecule has 1 aromatic carbocycles. The molecule has 0 saturated carbocycles. The minimum Gasteiger partial charge on any atom is -0.497 e. The molecule has 0 amide bonds. The first-order valence-corrected chi connectivity index (χ1v) is 6.41. The van der Waals surface area contributed by atoms with Crippen LogP contribution in [0.25, 0.3) is 0 Å². The van der Waals surface area contributed by atoms with Crippen molar-refractivity contribution in [3.8, 4) is 5.75 Å². The summed E-state index contributed by atoms with van der Waals surface area (Å²) < 4.78 is 5.13. The maximum absolute atomic E-state index is 5.13. The minimum atomic E-state index is 0.659. The Labute approximate surface area is 95.4 Å². The Bertz CT molecular complexity index is 293. The number of nitrogens with one attached hydrogen (secondary N) is 1. The molecule has 2 rings (SSSR count). The van der Waals surface area contributed by atoms with Gasteiger partial charge in [-0.15, -0.1) is 11.8 Å². The molecule has 1 aromatic rings. The summed E-state index contributed by atoms with van der Waals surface area (Å²) in [6.07, 6.45) is 2.63. The zero-order chi connectivity index (χ0) is 10.5. The van der Waals surface area contributed by atoms with Crippen LogP contribution in [0.2, 0.25) is 0 Å². The predicted molar refractivity (Wildman–Crippen MR) is 65.3 cm³/mol. The lowest BCUT2D eigenvalue weighted by molar-refractivity contribution is 0.414. The SMILES string of the molecule is COc1ccc(CS[C@H]2CCCN2)cc1. The zero-order valence-corrected chi connectivity index (χ0v) is 9.85. The third kappa shape index (κ3) is 3.14. The molecular weight excluding hydrogens is 206 g/mol. The average Bonchev–Trinajstić information content (AvgIpc) is 2.80. The Morgan fingerprint density at radius 1 is 1.40 bits per heavy atom. The van der Waals surface area contributed by atoms with E-state index in [1.54, 1.807) is 7.11 Å². The predicted octanol–water partition coefficient (Wildman–Crippen LogP) is 2.64. The van der Waals surface area contributed by atoms with Gasteiger partial charge in [0, 0.05) is 5.75 Å². The van der Waals surface area contributed by atoms with Gasteiger partial charge < -0.3 is 10.1 Å². The molecule has 3 heteroatoms. The molecule has 1 fully saturated rings. The van der Waals surface area contributed by atoms with Crippen molar-refractivity contribution in [2.24, 2.45) is 0 Å². The second-order valence-corrected chi connectivity index (χ2v) is 4.94. The minimum absolute atomic E-state index is 0.659. The fraction of sp³-hybridized carbons (Fsp3) is 0.500. The van der Waals surface area contributed by atoms with Crippen molar-refractivity contribution in [1.82, 2.24) is 5.32 Å². The fourth-order valence-corrected chi connectivity index (χ4v) is 2.87. The van der Waals surface area contributed by atoms with Gasteiger partial charge in [0.25, 0.3) is 0 Å². The molecule has 1 aliphatic heterocycles. The number of thioether (sulfide) groups is 1. The van der Waals surface area contributed by atoms with Gasteiger partial charge in [-0.05, 0) is 37.1 Å². The van der Waals surface area contributed by atoms with Crippen molar-refractivity contribution in [2.75, 3.05) is 13.7 Å². The van der Waals surface area contributed by atoms with Crippen LogP contribution in [-0.4, -0.2) is 19.0 Å². The van der Waals surface area contributed by atoms with Crippen LogP contribution in [0.15, 0.2) is 24.3 Å². The molecular formula is C12H17NOS. The molecule has 1 aliphatic rings. The van der Waals surface area contributed by atoms with Crippen LogP contribution >= 0.6 is 11.8 Å². The molecule has 1 atom stereocenters. The summed E-state index contributed by atoms with van der Waals surface area (Å²) in [5.74, 6) is 2.02. The van der Waals surface area contributed by atoms with E-state index in [9.17, 15) is 0 Å². The first kappa shape index (κ1) is 10.8. The summed E-state index contributed by atoms with van der Waals surface area (Å²) in [6, 6.07) is 8.33. The van der Waals surface area contributed by atoms with E-state index < -0.39 is 0 Å². The van der Waals surface area contributed by atoms with Crippen LogP contribution in [0.5, 0.6) is 5.75 Å². The molecule has 0 bridgehead atoms. The molecule has 82 valence electrons. The van der Waals surface area contributed by atoms with E-state index in [1.807, 2.05) is 23.9 Å². The van der Waals surface area contributed by atoms with Crippen molar-refractivity contribution < 1.29 is 4.74 Å². The van der Waals surface area contributed by atoms with Gasteiger partial charge in [-0.1, -0.05) is 12.1 Å². The first-order chi connectivity index (χ1) is 7.38. The van der Waals surface area contributed by atoms with Crippen LogP contribution in [-0.2, 0) is 5.75 Å².